The Hall–Kier alpha value is -1.90. The Bertz CT molecular complexity index is 745. The monoisotopic (exact) mass is 348 g/mol. The molecule has 2 nitrogen and oxygen atoms in total. The van der Waals surface area contributed by atoms with Gasteiger partial charge in [-0.2, -0.15) is 0 Å². The van der Waals surface area contributed by atoms with Gasteiger partial charge in [0.1, 0.15) is 0 Å². The van der Waals surface area contributed by atoms with Crippen molar-refractivity contribution in [1.29, 1.82) is 0 Å². The highest BCUT2D eigenvalue weighted by atomic mass is 15.3. The molecule has 138 valence electrons. The molecule has 26 heavy (non-hydrogen) atoms. The molecule has 2 heteroatoms. The maximum Gasteiger partial charge on any atom is 0.0484 e. The summed E-state index contributed by atoms with van der Waals surface area (Å²) in [6, 6.07) is 18.7. The van der Waals surface area contributed by atoms with Gasteiger partial charge in [0.2, 0.25) is 0 Å². The van der Waals surface area contributed by atoms with Gasteiger partial charge >= 0.3 is 0 Å². The average molecular weight is 349 g/mol. The summed E-state index contributed by atoms with van der Waals surface area (Å²) in [7, 11) is 0. The lowest BCUT2D eigenvalue weighted by atomic mass is 9.92. The molecule has 1 heterocycles. The molecule has 1 fully saturated rings. The van der Waals surface area contributed by atoms with Gasteiger partial charge in [-0.15, -0.1) is 0 Å². The molecular formula is C24H32N2. The van der Waals surface area contributed by atoms with E-state index in [9.17, 15) is 0 Å². The summed E-state index contributed by atoms with van der Waals surface area (Å²) in [6.45, 7) is 17.4. The summed E-state index contributed by atoms with van der Waals surface area (Å²) in [5.41, 5.74) is 6.61. The summed E-state index contributed by atoms with van der Waals surface area (Å²) >= 11 is 0. The van der Waals surface area contributed by atoms with E-state index in [1.807, 2.05) is 0 Å². The zero-order valence-electron chi connectivity index (χ0n) is 16.7. The van der Waals surface area contributed by atoms with Crippen LogP contribution in [0.3, 0.4) is 0 Å². The van der Waals surface area contributed by atoms with Crippen LogP contribution in [0, 0.1) is 6.92 Å². The van der Waals surface area contributed by atoms with Crippen molar-refractivity contribution >= 4 is 5.57 Å². The van der Waals surface area contributed by atoms with Crippen LogP contribution in [0.5, 0.6) is 0 Å². The highest BCUT2D eigenvalue weighted by Crippen LogP contribution is 2.32. The second-order valence-electron chi connectivity index (χ2n) is 7.94. The van der Waals surface area contributed by atoms with Crippen LogP contribution >= 0.6 is 0 Å². The first-order valence-corrected chi connectivity index (χ1v) is 9.74. The molecule has 1 aliphatic heterocycles. The standard InChI is InChI=1S/C24H32N2/c1-18(2)22-8-6-7-9-23(22)24-17-25(14-15-26(24)19(3)4)16-21-12-10-20(5)11-13-21/h6-13,19,24H,1,14-17H2,2-5H3. The van der Waals surface area contributed by atoms with Crippen molar-refractivity contribution in [3.8, 4) is 0 Å². The van der Waals surface area contributed by atoms with Crippen LogP contribution in [0.15, 0.2) is 55.1 Å². The van der Waals surface area contributed by atoms with Crippen LogP contribution in [0.1, 0.15) is 49.1 Å². The number of aryl methyl sites for hydroxylation is 1. The van der Waals surface area contributed by atoms with Crippen molar-refractivity contribution in [1.82, 2.24) is 9.80 Å². The summed E-state index contributed by atoms with van der Waals surface area (Å²) < 4.78 is 0. The molecule has 3 rings (SSSR count). The number of rotatable bonds is 5. The van der Waals surface area contributed by atoms with E-state index in [1.165, 1.54) is 22.3 Å². The largest absolute Gasteiger partial charge is 0.296 e. The van der Waals surface area contributed by atoms with E-state index in [1.54, 1.807) is 0 Å². The molecule has 0 radical (unpaired) electrons. The Kier molecular flexibility index (Phi) is 5.95. The van der Waals surface area contributed by atoms with Gasteiger partial charge in [0.25, 0.3) is 0 Å². The molecule has 2 aromatic rings. The van der Waals surface area contributed by atoms with Gasteiger partial charge in [-0.3, -0.25) is 9.80 Å². The van der Waals surface area contributed by atoms with E-state index in [2.05, 4.69) is 92.6 Å². The van der Waals surface area contributed by atoms with Gasteiger partial charge in [-0.05, 0) is 44.4 Å². The van der Waals surface area contributed by atoms with E-state index in [-0.39, 0.29) is 0 Å². The van der Waals surface area contributed by atoms with Crippen molar-refractivity contribution in [2.75, 3.05) is 19.6 Å². The van der Waals surface area contributed by atoms with E-state index < -0.39 is 0 Å². The zero-order valence-corrected chi connectivity index (χ0v) is 16.7. The van der Waals surface area contributed by atoms with Crippen molar-refractivity contribution in [3.63, 3.8) is 0 Å². The van der Waals surface area contributed by atoms with Crippen LogP contribution in [-0.2, 0) is 6.54 Å². The summed E-state index contributed by atoms with van der Waals surface area (Å²) in [5, 5.41) is 0. The number of allylic oxidation sites excluding steroid dienone is 1. The quantitative estimate of drug-likeness (QED) is 0.724. The van der Waals surface area contributed by atoms with Crippen LogP contribution in [-0.4, -0.2) is 35.5 Å². The molecule has 1 aliphatic rings. The summed E-state index contributed by atoms with van der Waals surface area (Å²) in [5.74, 6) is 0. The fourth-order valence-electron chi connectivity index (χ4n) is 4.02. The molecule has 1 saturated heterocycles. The second-order valence-corrected chi connectivity index (χ2v) is 7.94. The highest BCUT2D eigenvalue weighted by Gasteiger charge is 2.31. The van der Waals surface area contributed by atoms with Crippen LogP contribution < -0.4 is 0 Å². The first kappa shape index (κ1) is 18.9. The molecular weight excluding hydrogens is 316 g/mol. The van der Waals surface area contributed by atoms with E-state index in [4.69, 9.17) is 0 Å². The lowest BCUT2D eigenvalue weighted by Gasteiger charge is -2.44. The first-order chi connectivity index (χ1) is 12.5. The first-order valence-electron chi connectivity index (χ1n) is 9.74. The highest BCUT2D eigenvalue weighted by molar-refractivity contribution is 5.65. The minimum absolute atomic E-state index is 0.419. The number of hydrogen-bond acceptors (Lipinski definition) is 2. The SMILES string of the molecule is C=C(C)c1ccccc1C1CN(Cc2ccc(C)cc2)CCN1C(C)C. The zero-order chi connectivity index (χ0) is 18.7. The van der Waals surface area contributed by atoms with Gasteiger partial charge in [-0.1, -0.05) is 66.2 Å². The fourth-order valence-corrected chi connectivity index (χ4v) is 4.02. The van der Waals surface area contributed by atoms with E-state index >= 15 is 0 Å². The minimum Gasteiger partial charge on any atom is -0.296 e. The van der Waals surface area contributed by atoms with Crippen LogP contribution in [0.4, 0.5) is 0 Å². The number of nitrogens with zero attached hydrogens (tertiary/aromatic N) is 2. The smallest absolute Gasteiger partial charge is 0.0484 e. The number of benzene rings is 2. The predicted molar refractivity (Wildman–Crippen MR) is 112 cm³/mol. The van der Waals surface area contributed by atoms with Gasteiger partial charge in [0, 0.05) is 38.3 Å². The average Bonchev–Trinajstić information content (AvgIpc) is 2.63. The molecule has 0 N–H and O–H groups in total. The van der Waals surface area contributed by atoms with Gasteiger partial charge < -0.3 is 0 Å². The van der Waals surface area contributed by atoms with E-state index in [0.29, 0.717) is 12.1 Å². The lowest BCUT2D eigenvalue weighted by molar-refractivity contribution is 0.0467. The van der Waals surface area contributed by atoms with Gasteiger partial charge in [0.15, 0.2) is 0 Å². The third-order valence-electron chi connectivity index (χ3n) is 5.48. The maximum atomic E-state index is 4.21. The van der Waals surface area contributed by atoms with Crippen molar-refractivity contribution in [3.05, 3.63) is 77.4 Å². The summed E-state index contributed by atoms with van der Waals surface area (Å²) in [6.07, 6.45) is 0. The maximum absolute atomic E-state index is 4.21. The third-order valence-corrected chi connectivity index (χ3v) is 5.48. The summed E-state index contributed by atoms with van der Waals surface area (Å²) in [4.78, 5) is 5.25. The molecule has 0 amide bonds. The molecule has 0 spiro atoms. The molecule has 1 atom stereocenters. The lowest BCUT2D eigenvalue weighted by Crippen LogP contribution is -2.50. The van der Waals surface area contributed by atoms with E-state index in [0.717, 1.165) is 31.8 Å². The Labute approximate surface area is 159 Å². The number of piperazine rings is 1. The van der Waals surface area contributed by atoms with Crippen molar-refractivity contribution in [2.45, 2.75) is 46.3 Å². The normalized spacial score (nSPS) is 19.0. The Balaban J connectivity index is 1.85. The molecule has 2 aromatic carbocycles. The van der Waals surface area contributed by atoms with Crippen molar-refractivity contribution in [2.24, 2.45) is 0 Å². The third kappa shape index (κ3) is 4.25. The molecule has 0 aliphatic carbocycles. The molecule has 0 bridgehead atoms. The minimum atomic E-state index is 0.419. The predicted octanol–water partition coefficient (Wildman–Crippen LogP) is 5.30. The van der Waals surface area contributed by atoms with Crippen LogP contribution in [0.25, 0.3) is 5.57 Å². The molecule has 0 aromatic heterocycles. The molecule has 0 saturated carbocycles. The van der Waals surface area contributed by atoms with Gasteiger partial charge in [0.05, 0.1) is 0 Å². The number of hydrogen-bond donors (Lipinski definition) is 0. The van der Waals surface area contributed by atoms with Crippen LogP contribution in [0.2, 0.25) is 0 Å². The second kappa shape index (κ2) is 8.20. The Morgan fingerprint density at radius 2 is 1.77 bits per heavy atom. The topological polar surface area (TPSA) is 6.48 Å². The Morgan fingerprint density at radius 1 is 1.08 bits per heavy atom. The Morgan fingerprint density at radius 3 is 2.42 bits per heavy atom. The van der Waals surface area contributed by atoms with Gasteiger partial charge in [-0.25, -0.2) is 0 Å². The van der Waals surface area contributed by atoms with Crippen molar-refractivity contribution < 1.29 is 0 Å². The fraction of sp³-hybridized carbons (Fsp3) is 0.417. The molecule has 1 unspecified atom stereocenters.